The molecule has 0 saturated carbocycles. The fourth-order valence-corrected chi connectivity index (χ4v) is 2.02. The van der Waals surface area contributed by atoms with E-state index in [2.05, 4.69) is 10.6 Å². The van der Waals surface area contributed by atoms with Gasteiger partial charge < -0.3 is 10.6 Å². The molecule has 1 fully saturated rings. The number of aryl methyl sites for hydroxylation is 1. The number of hydrogen-bond donors (Lipinski definition) is 2. The van der Waals surface area contributed by atoms with Crippen LogP contribution in [-0.4, -0.2) is 34.8 Å². The Hall–Kier alpha value is -2.44. The average molecular weight is 293 g/mol. The summed E-state index contributed by atoms with van der Waals surface area (Å²) in [6.45, 7) is 4.36. The maximum absolute atomic E-state index is 13.6. The maximum Gasteiger partial charge on any atom is 0.325 e. The zero-order valence-corrected chi connectivity index (χ0v) is 12.0. The minimum Gasteiger partial charge on any atom is -0.324 e. The molecule has 21 heavy (non-hydrogen) atoms. The molecule has 1 aromatic rings. The summed E-state index contributed by atoms with van der Waals surface area (Å²) in [5, 5.41) is 4.81. The van der Waals surface area contributed by atoms with Crippen LogP contribution in [0.15, 0.2) is 18.2 Å². The van der Waals surface area contributed by atoms with Crippen molar-refractivity contribution in [1.29, 1.82) is 0 Å². The number of hydrogen-bond acceptors (Lipinski definition) is 3. The number of nitrogens with zero attached hydrogens (tertiary/aromatic N) is 1. The van der Waals surface area contributed by atoms with Crippen LogP contribution in [0, 0.1) is 12.7 Å². The molecule has 1 saturated heterocycles. The number of nitrogens with one attached hydrogen (secondary N) is 2. The lowest BCUT2D eigenvalue weighted by Crippen LogP contribution is -2.41. The van der Waals surface area contributed by atoms with E-state index in [0.29, 0.717) is 0 Å². The zero-order valence-electron chi connectivity index (χ0n) is 12.0. The lowest BCUT2D eigenvalue weighted by molar-refractivity contribution is -0.132. The molecule has 0 bridgehead atoms. The molecule has 0 aliphatic carbocycles. The minimum absolute atomic E-state index is 0.0110. The van der Waals surface area contributed by atoms with Gasteiger partial charge in [0.15, 0.2) is 0 Å². The third-order valence-electron chi connectivity index (χ3n) is 3.14. The summed E-state index contributed by atoms with van der Waals surface area (Å²) < 4.78 is 13.6. The molecule has 2 rings (SSSR count). The van der Waals surface area contributed by atoms with Crippen molar-refractivity contribution in [2.45, 2.75) is 26.3 Å². The predicted octanol–water partition coefficient (Wildman–Crippen LogP) is 1.40. The van der Waals surface area contributed by atoms with Crippen LogP contribution in [0.5, 0.6) is 0 Å². The summed E-state index contributed by atoms with van der Waals surface area (Å²) >= 11 is 0. The van der Waals surface area contributed by atoms with Crippen molar-refractivity contribution in [3.05, 3.63) is 29.6 Å². The Morgan fingerprint density at radius 1 is 1.38 bits per heavy atom. The van der Waals surface area contributed by atoms with E-state index < -0.39 is 35.7 Å². The maximum atomic E-state index is 13.6. The van der Waals surface area contributed by atoms with Crippen molar-refractivity contribution in [3.63, 3.8) is 0 Å². The Balaban J connectivity index is 2.06. The number of urea groups is 1. The molecule has 0 radical (unpaired) electrons. The molecule has 0 unspecified atom stereocenters. The molecular formula is C14H16FN3O3. The molecule has 6 nitrogen and oxygen atoms in total. The first kappa shape index (κ1) is 15.0. The molecule has 1 aromatic carbocycles. The van der Waals surface area contributed by atoms with Gasteiger partial charge in [-0.1, -0.05) is 6.07 Å². The number of amides is 4. The molecule has 1 aliphatic rings. The molecule has 0 atom stereocenters. The van der Waals surface area contributed by atoms with Gasteiger partial charge in [0.1, 0.15) is 17.9 Å². The van der Waals surface area contributed by atoms with Crippen LogP contribution < -0.4 is 10.6 Å². The van der Waals surface area contributed by atoms with Crippen molar-refractivity contribution in [1.82, 2.24) is 10.2 Å². The SMILES string of the molecule is Cc1ccc(NC(=O)CN2C(=O)NC(C)(C)C2=O)c(F)c1. The molecule has 0 aromatic heterocycles. The fourth-order valence-electron chi connectivity index (χ4n) is 2.02. The van der Waals surface area contributed by atoms with E-state index in [9.17, 15) is 18.8 Å². The molecule has 7 heteroatoms. The standard InChI is InChI=1S/C14H16FN3O3/c1-8-4-5-10(9(15)6-8)16-11(19)7-18-12(20)14(2,3)17-13(18)21/h4-6H,7H2,1-3H3,(H,16,19)(H,17,21). The first-order chi connectivity index (χ1) is 9.70. The van der Waals surface area contributed by atoms with Gasteiger partial charge in [-0.15, -0.1) is 0 Å². The number of carbonyl (C=O) groups is 3. The normalized spacial score (nSPS) is 16.9. The third-order valence-corrected chi connectivity index (χ3v) is 3.14. The Bertz CT molecular complexity index is 628. The highest BCUT2D eigenvalue weighted by Gasteiger charge is 2.44. The second-order valence-electron chi connectivity index (χ2n) is 5.48. The Labute approximate surface area is 121 Å². The lowest BCUT2D eigenvalue weighted by Gasteiger charge is -2.15. The van der Waals surface area contributed by atoms with Crippen molar-refractivity contribution in [3.8, 4) is 0 Å². The van der Waals surface area contributed by atoms with Crippen LogP contribution in [-0.2, 0) is 9.59 Å². The van der Waals surface area contributed by atoms with Gasteiger partial charge in [0, 0.05) is 0 Å². The van der Waals surface area contributed by atoms with E-state index in [0.717, 1.165) is 10.5 Å². The van der Waals surface area contributed by atoms with Gasteiger partial charge in [-0.2, -0.15) is 0 Å². The Kier molecular flexibility index (Phi) is 3.67. The smallest absolute Gasteiger partial charge is 0.324 e. The molecule has 1 heterocycles. The summed E-state index contributed by atoms with van der Waals surface area (Å²) in [5.41, 5.74) is -0.301. The van der Waals surface area contributed by atoms with Gasteiger partial charge in [0.2, 0.25) is 5.91 Å². The zero-order chi connectivity index (χ0) is 15.8. The first-order valence-corrected chi connectivity index (χ1v) is 6.41. The van der Waals surface area contributed by atoms with Gasteiger partial charge in [0.05, 0.1) is 5.69 Å². The molecule has 4 amide bonds. The summed E-state index contributed by atoms with van der Waals surface area (Å²) in [6.07, 6.45) is 0. The van der Waals surface area contributed by atoms with Crippen molar-refractivity contribution < 1.29 is 18.8 Å². The predicted molar refractivity (Wildman–Crippen MR) is 74.1 cm³/mol. The quantitative estimate of drug-likeness (QED) is 0.827. The van der Waals surface area contributed by atoms with E-state index in [4.69, 9.17) is 0 Å². The van der Waals surface area contributed by atoms with Crippen molar-refractivity contribution in [2.75, 3.05) is 11.9 Å². The summed E-state index contributed by atoms with van der Waals surface area (Å²) in [7, 11) is 0. The highest BCUT2D eigenvalue weighted by Crippen LogP contribution is 2.18. The van der Waals surface area contributed by atoms with Crippen LogP contribution >= 0.6 is 0 Å². The minimum atomic E-state index is -1.04. The van der Waals surface area contributed by atoms with Gasteiger partial charge in [-0.25, -0.2) is 9.18 Å². The number of benzene rings is 1. The Morgan fingerprint density at radius 3 is 2.57 bits per heavy atom. The molecular weight excluding hydrogens is 277 g/mol. The molecule has 0 spiro atoms. The molecule has 2 N–H and O–H groups in total. The highest BCUT2D eigenvalue weighted by atomic mass is 19.1. The van der Waals surface area contributed by atoms with Crippen molar-refractivity contribution >= 4 is 23.5 Å². The van der Waals surface area contributed by atoms with Gasteiger partial charge in [-0.05, 0) is 38.5 Å². The number of carbonyl (C=O) groups excluding carboxylic acids is 3. The van der Waals surface area contributed by atoms with E-state index in [-0.39, 0.29) is 5.69 Å². The average Bonchev–Trinajstić information content (AvgIpc) is 2.55. The second kappa shape index (κ2) is 5.16. The molecule has 112 valence electrons. The van der Waals surface area contributed by atoms with Crippen LogP contribution in [0.2, 0.25) is 0 Å². The number of halogens is 1. The number of rotatable bonds is 3. The number of anilines is 1. The summed E-state index contributed by atoms with van der Waals surface area (Å²) in [5.74, 6) is -1.70. The number of imide groups is 1. The van der Waals surface area contributed by atoms with Crippen molar-refractivity contribution in [2.24, 2.45) is 0 Å². The van der Waals surface area contributed by atoms with Crippen LogP contribution in [0.4, 0.5) is 14.9 Å². The van der Waals surface area contributed by atoms with Gasteiger partial charge in [-0.3, -0.25) is 14.5 Å². The van der Waals surface area contributed by atoms with Crippen LogP contribution in [0.1, 0.15) is 19.4 Å². The summed E-state index contributed by atoms with van der Waals surface area (Å²) in [6, 6.07) is 3.73. The molecule has 1 aliphatic heterocycles. The van der Waals surface area contributed by atoms with E-state index in [1.807, 2.05) is 0 Å². The largest absolute Gasteiger partial charge is 0.325 e. The van der Waals surface area contributed by atoms with Crippen LogP contribution in [0.3, 0.4) is 0 Å². The topological polar surface area (TPSA) is 78.5 Å². The van der Waals surface area contributed by atoms with E-state index >= 15 is 0 Å². The fraction of sp³-hybridized carbons (Fsp3) is 0.357. The van der Waals surface area contributed by atoms with E-state index in [1.165, 1.54) is 12.1 Å². The first-order valence-electron chi connectivity index (χ1n) is 6.41. The third kappa shape index (κ3) is 3.01. The lowest BCUT2D eigenvalue weighted by atomic mass is 10.1. The highest BCUT2D eigenvalue weighted by molar-refractivity contribution is 6.09. The summed E-state index contributed by atoms with van der Waals surface area (Å²) in [4.78, 5) is 36.2. The van der Waals surface area contributed by atoms with Gasteiger partial charge in [0.25, 0.3) is 5.91 Å². The second-order valence-corrected chi connectivity index (χ2v) is 5.48. The van der Waals surface area contributed by atoms with Crippen LogP contribution in [0.25, 0.3) is 0 Å². The Morgan fingerprint density at radius 2 is 2.05 bits per heavy atom. The van der Waals surface area contributed by atoms with Gasteiger partial charge >= 0.3 is 6.03 Å². The monoisotopic (exact) mass is 293 g/mol. The van der Waals surface area contributed by atoms with E-state index in [1.54, 1.807) is 26.8 Å².